The van der Waals surface area contributed by atoms with Gasteiger partial charge in [0, 0.05) is 36.3 Å². The molecule has 2 heterocycles. The van der Waals surface area contributed by atoms with Gasteiger partial charge in [-0.1, -0.05) is 24.3 Å². The van der Waals surface area contributed by atoms with Crippen molar-refractivity contribution in [2.75, 3.05) is 19.3 Å². The first-order valence-electron chi connectivity index (χ1n) is 10.0. The monoisotopic (exact) mass is 431 g/mol. The predicted octanol–water partition coefficient (Wildman–Crippen LogP) is 4.47. The Labute approximate surface area is 181 Å². The highest BCUT2D eigenvalue weighted by Gasteiger charge is 2.21. The lowest BCUT2D eigenvalue weighted by atomic mass is 10.0. The standard InChI is InChI=1S/C22H23F2N3O.CH4S/c23-18-7-2-8-19(24)21(18)17-6-1-4-15-9-12-27(22(15)17)14-20(28)26-11-3-5-16(25)10-13-26;1-2/h1-2,4,6-9,12,16H,3,5,10-11,13-14,25H2;2H,1H3/t16-;/m0./s1. The number of likely N-dealkylation sites (tertiary alicyclic amines) is 1. The van der Waals surface area contributed by atoms with E-state index in [-0.39, 0.29) is 24.1 Å². The molecule has 0 saturated carbocycles. The molecule has 1 aliphatic rings. The van der Waals surface area contributed by atoms with Crippen molar-refractivity contribution >= 4 is 29.4 Å². The van der Waals surface area contributed by atoms with E-state index in [1.807, 2.05) is 17.0 Å². The Morgan fingerprint density at radius 2 is 1.77 bits per heavy atom. The van der Waals surface area contributed by atoms with E-state index in [9.17, 15) is 13.6 Å². The van der Waals surface area contributed by atoms with Gasteiger partial charge < -0.3 is 15.2 Å². The number of thiol groups is 1. The molecule has 0 unspecified atom stereocenters. The number of halogens is 2. The Bertz CT molecular complexity index is 1000. The highest BCUT2D eigenvalue weighted by atomic mass is 32.1. The number of rotatable bonds is 3. The van der Waals surface area contributed by atoms with Gasteiger partial charge >= 0.3 is 0 Å². The number of carbonyl (C=O) groups excluding carboxylic acids is 1. The summed E-state index contributed by atoms with van der Waals surface area (Å²) in [6.45, 7) is 1.47. The van der Waals surface area contributed by atoms with E-state index in [4.69, 9.17) is 5.73 Å². The third-order valence-corrected chi connectivity index (χ3v) is 5.45. The molecule has 0 spiro atoms. The van der Waals surface area contributed by atoms with Gasteiger partial charge in [-0.05, 0) is 43.7 Å². The summed E-state index contributed by atoms with van der Waals surface area (Å²) in [7, 11) is 0. The van der Waals surface area contributed by atoms with E-state index in [1.165, 1.54) is 18.2 Å². The average Bonchev–Trinajstić information content (AvgIpc) is 3.02. The molecule has 1 fully saturated rings. The smallest absolute Gasteiger partial charge is 0.242 e. The Hall–Kier alpha value is -2.38. The number of nitrogens with zero attached hydrogens (tertiary/aromatic N) is 2. The third kappa shape index (κ3) is 4.68. The number of aromatic nitrogens is 1. The quantitative estimate of drug-likeness (QED) is 0.601. The zero-order valence-corrected chi connectivity index (χ0v) is 17.9. The Balaban J connectivity index is 0.00000124. The maximum atomic E-state index is 14.4. The summed E-state index contributed by atoms with van der Waals surface area (Å²) in [4.78, 5) is 14.7. The second-order valence-corrected chi connectivity index (χ2v) is 7.36. The Morgan fingerprint density at radius 3 is 2.50 bits per heavy atom. The molecule has 2 aromatic carbocycles. The first kappa shape index (κ1) is 22.3. The van der Waals surface area contributed by atoms with E-state index in [1.54, 1.807) is 29.2 Å². The molecule has 1 saturated heterocycles. The van der Waals surface area contributed by atoms with Crippen molar-refractivity contribution in [3.8, 4) is 11.1 Å². The molecule has 0 bridgehead atoms. The zero-order valence-electron chi connectivity index (χ0n) is 17.0. The van der Waals surface area contributed by atoms with Crippen LogP contribution in [0.4, 0.5) is 8.78 Å². The fourth-order valence-corrected chi connectivity index (χ4v) is 3.97. The summed E-state index contributed by atoms with van der Waals surface area (Å²) in [5.41, 5.74) is 7.04. The highest BCUT2D eigenvalue weighted by molar-refractivity contribution is 7.79. The Kier molecular flexibility index (Phi) is 7.50. The van der Waals surface area contributed by atoms with E-state index in [0.29, 0.717) is 24.2 Å². The van der Waals surface area contributed by atoms with Crippen molar-refractivity contribution in [1.29, 1.82) is 0 Å². The van der Waals surface area contributed by atoms with Gasteiger partial charge in [-0.25, -0.2) is 8.78 Å². The van der Waals surface area contributed by atoms with Gasteiger partial charge in [-0.15, -0.1) is 0 Å². The van der Waals surface area contributed by atoms with Gasteiger partial charge in [0.2, 0.25) is 5.91 Å². The number of hydrogen-bond acceptors (Lipinski definition) is 3. The molecule has 160 valence electrons. The summed E-state index contributed by atoms with van der Waals surface area (Å²) in [6, 6.07) is 11.2. The van der Waals surface area contributed by atoms with Gasteiger partial charge in [0.25, 0.3) is 0 Å². The summed E-state index contributed by atoms with van der Waals surface area (Å²) in [5.74, 6) is -1.24. The number of amides is 1. The molecule has 2 N–H and O–H groups in total. The molecule has 7 heteroatoms. The maximum absolute atomic E-state index is 14.4. The minimum absolute atomic E-state index is 0.00425. The summed E-state index contributed by atoms with van der Waals surface area (Å²) in [6.07, 6.45) is 6.11. The van der Waals surface area contributed by atoms with Crippen LogP contribution in [-0.4, -0.2) is 40.8 Å². The van der Waals surface area contributed by atoms with Gasteiger partial charge in [0.15, 0.2) is 0 Å². The number of benzene rings is 2. The van der Waals surface area contributed by atoms with Crippen LogP contribution in [-0.2, 0) is 11.3 Å². The van der Waals surface area contributed by atoms with Gasteiger partial charge in [-0.2, -0.15) is 12.6 Å². The van der Waals surface area contributed by atoms with Crippen molar-refractivity contribution in [2.45, 2.75) is 31.8 Å². The molecular weight excluding hydrogens is 404 g/mol. The molecular formula is C23H27F2N3OS. The van der Waals surface area contributed by atoms with E-state index >= 15 is 0 Å². The molecule has 1 amide bonds. The molecule has 1 aromatic heterocycles. The number of fused-ring (bicyclic) bond motifs is 1. The van der Waals surface area contributed by atoms with Crippen LogP contribution in [0.2, 0.25) is 0 Å². The van der Waals surface area contributed by atoms with E-state index < -0.39 is 11.6 Å². The third-order valence-electron chi connectivity index (χ3n) is 5.45. The number of hydrogen-bond donors (Lipinski definition) is 2. The summed E-state index contributed by atoms with van der Waals surface area (Å²) >= 11 is 3.53. The molecule has 0 radical (unpaired) electrons. The summed E-state index contributed by atoms with van der Waals surface area (Å²) in [5, 5.41) is 0.839. The van der Waals surface area contributed by atoms with E-state index in [2.05, 4.69) is 12.6 Å². The normalized spacial score (nSPS) is 16.7. The van der Waals surface area contributed by atoms with Crippen molar-refractivity contribution in [3.05, 3.63) is 60.3 Å². The molecule has 4 nitrogen and oxygen atoms in total. The zero-order chi connectivity index (χ0) is 21.7. The van der Waals surface area contributed by atoms with Crippen LogP contribution >= 0.6 is 12.6 Å². The van der Waals surface area contributed by atoms with E-state index in [0.717, 1.165) is 24.6 Å². The molecule has 0 aliphatic carbocycles. The van der Waals surface area contributed by atoms with Crippen LogP contribution in [0.3, 0.4) is 0 Å². The lowest BCUT2D eigenvalue weighted by molar-refractivity contribution is -0.131. The minimum Gasteiger partial charge on any atom is -0.341 e. The molecule has 1 atom stereocenters. The van der Waals surface area contributed by atoms with Gasteiger partial charge in [0.1, 0.15) is 18.2 Å². The Morgan fingerprint density at radius 1 is 1.07 bits per heavy atom. The second kappa shape index (κ2) is 10.1. The minimum atomic E-state index is -0.618. The van der Waals surface area contributed by atoms with Crippen LogP contribution < -0.4 is 5.73 Å². The first-order chi connectivity index (χ1) is 14.5. The highest BCUT2D eigenvalue weighted by Crippen LogP contribution is 2.33. The average molecular weight is 432 g/mol. The van der Waals surface area contributed by atoms with Crippen molar-refractivity contribution < 1.29 is 13.6 Å². The van der Waals surface area contributed by atoms with Gasteiger partial charge in [-0.3, -0.25) is 4.79 Å². The van der Waals surface area contributed by atoms with Crippen LogP contribution in [0, 0.1) is 11.6 Å². The van der Waals surface area contributed by atoms with Gasteiger partial charge in [0.05, 0.1) is 11.1 Å². The fraction of sp³-hybridized carbons (Fsp3) is 0.348. The molecule has 30 heavy (non-hydrogen) atoms. The van der Waals surface area contributed by atoms with Crippen molar-refractivity contribution in [3.63, 3.8) is 0 Å². The number of carbonyl (C=O) groups is 1. The first-order valence-corrected chi connectivity index (χ1v) is 10.9. The summed E-state index contributed by atoms with van der Waals surface area (Å²) < 4.78 is 30.6. The maximum Gasteiger partial charge on any atom is 0.242 e. The van der Waals surface area contributed by atoms with Crippen molar-refractivity contribution in [1.82, 2.24) is 9.47 Å². The van der Waals surface area contributed by atoms with Crippen LogP contribution in [0.1, 0.15) is 19.3 Å². The van der Waals surface area contributed by atoms with Crippen LogP contribution in [0.15, 0.2) is 48.7 Å². The molecule has 4 rings (SSSR count). The van der Waals surface area contributed by atoms with Crippen LogP contribution in [0.25, 0.3) is 22.0 Å². The predicted molar refractivity (Wildman–Crippen MR) is 121 cm³/mol. The lowest BCUT2D eigenvalue weighted by Gasteiger charge is -2.21. The van der Waals surface area contributed by atoms with Crippen LogP contribution in [0.5, 0.6) is 0 Å². The fourth-order valence-electron chi connectivity index (χ4n) is 3.97. The number of para-hydroxylation sites is 1. The second-order valence-electron chi connectivity index (χ2n) is 7.36. The molecule has 3 aromatic rings. The SMILES string of the molecule is CS.N[C@H]1CCCN(C(=O)Cn2ccc3cccc(-c4c(F)cccc4F)c32)CC1. The topological polar surface area (TPSA) is 51.3 Å². The molecule has 1 aliphatic heterocycles. The number of nitrogens with two attached hydrogens (primary N) is 1. The largest absolute Gasteiger partial charge is 0.341 e. The lowest BCUT2D eigenvalue weighted by Crippen LogP contribution is -2.35. The van der Waals surface area contributed by atoms with Crippen molar-refractivity contribution in [2.24, 2.45) is 5.73 Å².